The third-order valence-corrected chi connectivity index (χ3v) is 4.93. The largest absolute Gasteiger partial charge is 0.497 e. The number of thiocarbonyl (C=S) groups is 1. The van der Waals surface area contributed by atoms with E-state index >= 15 is 0 Å². The molecule has 0 spiro atoms. The Kier molecular flexibility index (Phi) is 6.90. The van der Waals surface area contributed by atoms with Crippen molar-refractivity contribution < 1.29 is 9.47 Å². The summed E-state index contributed by atoms with van der Waals surface area (Å²) in [6.45, 7) is 3.43. The fourth-order valence-electron chi connectivity index (χ4n) is 3.26. The molecule has 0 unspecified atom stereocenters. The number of ether oxygens (including phenoxy) is 2. The SMILES string of the molecule is COc1ccc(NC(=S)Nc2ccc(CN3CCCCC3)cc2)c(OC)c1. The first kappa shape index (κ1) is 19.5. The number of rotatable bonds is 6. The quantitative estimate of drug-likeness (QED) is 0.714. The molecule has 0 saturated carbocycles. The molecule has 0 bridgehead atoms. The van der Waals surface area contributed by atoms with Gasteiger partial charge in [-0.15, -0.1) is 0 Å². The Bertz CT molecular complexity index is 759. The van der Waals surface area contributed by atoms with Gasteiger partial charge in [0.2, 0.25) is 0 Å². The number of likely N-dealkylation sites (tertiary alicyclic amines) is 1. The van der Waals surface area contributed by atoms with E-state index in [9.17, 15) is 0 Å². The van der Waals surface area contributed by atoms with Crippen molar-refractivity contribution in [3.05, 3.63) is 48.0 Å². The van der Waals surface area contributed by atoms with Crippen LogP contribution in [-0.2, 0) is 6.54 Å². The van der Waals surface area contributed by atoms with Gasteiger partial charge < -0.3 is 20.1 Å². The molecular weight excluding hydrogens is 358 g/mol. The molecule has 27 heavy (non-hydrogen) atoms. The highest BCUT2D eigenvalue weighted by Gasteiger charge is 2.10. The van der Waals surface area contributed by atoms with Crippen LogP contribution < -0.4 is 20.1 Å². The average Bonchev–Trinajstić information content (AvgIpc) is 2.70. The number of hydrogen-bond acceptors (Lipinski definition) is 4. The lowest BCUT2D eigenvalue weighted by molar-refractivity contribution is 0.221. The van der Waals surface area contributed by atoms with Crippen molar-refractivity contribution in [2.75, 3.05) is 37.9 Å². The van der Waals surface area contributed by atoms with Gasteiger partial charge in [0.25, 0.3) is 0 Å². The molecule has 2 N–H and O–H groups in total. The summed E-state index contributed by atoms with van der Waals surface area (Å²) in [7, 11) is 3.25. The third-order valence-electron chi connectivity index (χ3n) is 4.72. The van der Waals surface area contributed by atoms with Gasteiger partial charge in [-0.1, -0.05) is 18.6 Å². The molecule has 0 radical (unpaired) electrons. The first-order chi connectivity index (χ1) is 13.2. The predicted molar refractivity (Wildman–Crippen MR) is 115 cm³/mol. The Hall–Kier alpha value is -2.31. The van der Waals surface area contributed by atoms with Crippen LogP contribution in [0, 0.1) is 0 Å². The molecule has 3 rings (SSSR count). The number of nitrogens with zero attached hydrogens (tertiary/aromatic N) is 1. The van der Waals surface area contributed by atoms with Crippen LogP contribution in [0.25, 0.3) is 0 Å². The van der Waals surface area contributed by atoms with Crippen molar-refractivity contribution in [1.29, 1.82) is 0 Å². The zero-order valence-electron chi connectivity index (χ0n) is 16.0. The number of anilines is 2. The molecule has 6 heteroatoms. The Morgan fingerprint density at radius 1 is 0.963 bits per heavy atom. The molecule has 1 fully saturated rings. The minimum absolute atomic E-state index is 0.516. The lowest BCUT2D eigenvalue weighted by Gasteiger charge is -2.26. The van der Waals surface area contributed by atoms with E-state index in [0.29, 0.717) is 10.9 Å². The monoisotopic (exact) mass is 385 g/mol. The summed E-state index contributed by atoms with van der Waals surface area (Å²) in [5, 5.41) is 6.91. The lowest BCUT2D eigenvalue weighted by Crippen LogP contribution is -2.29. The van der Waals surface area contributed by atoms with E-state index in [1.165, 1.54) is 37.9 Å². The van der Waals surface area contributed by atoms with Gasteiger partial charge in [0, 0.05) is 18.3 Å². The number of nitrogens with one attached hydrogen (secondary N) is 2. The number of benzene rings is 2. The van der Waals surface area contributed by atoms with E-state index in [1.807, 2.05) is 18.2 Å². The summed E-state index contributed by atoms with van der Waals surface area (Å²) < 4.78 is 10.6. The van der Waals surface area contributed by atoms with Gasteiger partial charge in [-0.25, -0.2) is 0 Å². The maximum absolute atomic E-state index is 5.43. The average molecular weight is 386 g/mol. The molecule has 0 aromatic heterocycles. The highest BCUT2D eigenvalue weighted by molar-refractivity contribution is 7.80. The van der Waals surface area contributed by atoms with E-state index in [-0.39, 0.29) is 0 Å². The van der Waals surface area contributed by atoms with Gasteiger partial charge in [0.05, 0.1) is 19.9 Å². The number of piperidine rings is 1. The topological polar surface area (TPSA) is 45.8 Å². The van der Waals surface area contributed by atoms with Crippen LogP contribution in [0.15, 0.2) is 42.5 Å². The molecule has 1 saturated heterocycles. The second kappa shape index (κ2) is 9.58. The maximum atomic E-state index is 5.43. The molecule has 1 aliphatic rings. The first-order valence-corrected chi connectivity index (χ1v) is 9.70. The van der Waals surface area contributed by atoms with Gasteiger partial charge in [-0.05, 0) is 68.0 Å². The van der Waals surface area contributed by atoms with E-state index < -0.39 is 0 Å². The van der Waals surface area contributed by atoms with E-state index in [1.54, 1.807) is 14.2 Å². The minimum atomic E-state index is 0.516. The van der Waals surface area contributed by atoms with Crippen LogP contribution >= 0.6 is 12.2 Å². The van der Waals surface area contributed by atoms with Crippen LogP contribution in [0.4, 0.5) is 11.4 Å². The molecule has 0 aliphatic carbocycles. The minimum Gasteiger partial charge on any atom is -0.497 e. The van der Waals surface area contributed by atoms with Crippen molar-refractivity contribution in [1.82, 2.24) is 4.90 Å². The predicted octanol–water partition coefficient (Wildman–Crippen LogP) is 4.50. The first-order valence-electron chi connectivity index (χ1n) is 9.29. The van der Waals surface area contributed by atoms with E-state index in [0.717, 1.165) is 23.7 Å². The Morgan fingerprint density at radius 2 is 1.70 bits per heavy atom. The summed E-state index contributed by atoms with van der Waals surface area (Å²) in [5.41, 5.74) is 3.08. The zero-order chi connectivity index (χ0) is 19.1. The van der Waals surface area contributed by atoms with Crippen LogP contribution in [0.2, 0.25) is 0 Å². The van der Waals surface area contributed by atoms with Crippen LogP contribution in [0.5, 0.6) is 11.5 Å². The number of methoxy groups -OCH3 is 2. The Balaban J connectivity index is 1.56. The van der Waals surface area contributed by atoms with E-state index in [4.69, 9.17) is 21.7 Å². The van der Waals surface area contributed by atoms with Crippen molar-refractivity contribution in [3.63, 3.8) is 0 Å². The van der Waals surface area contributed by atoms with Crippen molar-refractivity contribution >= 4 is 28.7 Å². The van der Waals surface area contributed by atoms with Gasteiger partial charge in [0.15, 0.2) is 5.11 Å². The highest BCUT2D eigenvalue weighted by atomic mass is 32.1. The van der Waals surface area contributed by atoms with Crippen molar-refractivity contribution in [3.8, 4) is 11.5 Å². The summed E-state index contributed by atoms with van der Waals surface area (Å²) in [6, 6.07) is 14.0. The van der Waals surface area contributed by atoms with Gasteiger partial charge in [-0.2, -0.15) is 0 Å². The molecule has 2 aromatic carbocycles. The summed E-state index contributed by atoms with van der Waals surface area (Å²) in [6.07, 6.45) is 3.99. The van der Waals surface area contributed by atoms with Crippen LogP contribution in [0.3, 0.4) is 0 Å². The Labute approximate surface area is 166 Å². The summed E-state index contributed by atoms with van der Waals surface area (Å²) in [5.74, 6) is 1.41. The molecular formula is C21H27N3O2S. The molecule has 0 atom stereocenters. The van der Waals surface area contributed by atoms with Gasteiger partial charge in [0.1, 0.15) is 11.5 Å². The van der Waals surface area contributed by atoms with E-state index in [2.05, 4.69) is 39.8 Å². The van der Waals surface area contributed by atoms with Crippen LogP contribution in [0.1, 0.15) is 24.8 Å². The standard InChI is InChI=1S/C21H27N3O2S/c1-25-18-10-11-19(20(14-18)26-2)23-21(27)22-17-8-6-16(7-9-17)15-24-12-4-3-5-13-24/h6-11,14H,3-5,12-13,15H2,1-2H3,(H2,22,23,27). The van der Waals surface area contributed by atoms with Crippen molar-refractivity contribution in [2.24, 2.45) is 0 Å². The molecule has 144 valence electrons. The lowest BCUT2D eigenvalue weighted by atomic mass is 10.1. The summed E-state index contributed by atoms with van der Waals surface area (Å²) >= 11 is 5.43. The number of hydrogen-bond donors (Lipinski definition) is 2. The zero-order valence-corrected chi connectivity index (χ0v) is 16.8. The van der Waals surface area contributed by atoms with Crippen molar-refractivity contribution in [2.45, 2.75) is 25.8 Å². The molecule has 5 nitrogen and oxygen atoms in total. The smallest absolute Gasteiger partial charge is 0.175 e. The van der Waals surface area contributed by atoms with Gasteiger partial charge in [-0.3, -0.25) is 4.90 Å². The fraction of sp³-hybridized carbons (Fsp3) is 0.381. The van der Waals surface area contributed by atoms with Crippen LogP contribution in [-0.4, -0.2) is 37.3 Å². The van der Waals surface area contributed by atoms with Gasteiger partial charge >= 0.3 is 0 Å². The molecule has 2 aromatic rings. The molecule has 1 heterocycles. The summed E-state index contributed by atoms with van der Waals surface area (Å²) in [4.78, 5) is 2.52. The maximum Gasteiger partial charge on any atom is 0.175 e. The second-order valence-corrected chi connectivity index (χ2v) is 7.09. The highest BCUT2D eigenvalue weighted by Crippen LogP contribution is 2.29. The third kappa shape index (κ3) is 5.58. The molecule has 0 amide bonds. The Morgan fingerprint density at radius 3 is 2.37 bits per heavy atom. The fourth-order valence-corrected chi connectivity index (χ4v) is 3.48. The normalized spacial score (nSPS) is 14.4. The molecule has 1 aliphatic heterocycles. The second-order valence-electron chi connectivity index (χ2n) is 6.68.